The number of thioether (sulfide) groups is 1. The third kappa shape index (κ3) is 2.83. The normalized spacial score (nSPS) is 27.0. The molecule has 2 N–H and O–H groups in total. The third-order valence-corrected chi connectivity index (χ3v) is 6.80. The third-order valence-electron chi connectivity index (χ3n) is 5.45. The van der Waals surface area contributed by atoms with E-state index >= 15 is 0 Å². The fraction of sp³-hybridized carbons (Fsp3) is 0.588. The molecule has 2 aliphatic heterocycles. The second-order valence-electron chi connectivity index (χ2n) is 6.95. The number of benzene rings is 1. The minimum Gasteiger partial charge on any atom is -0.535 e. The molecule has 1 aromatic carbocycles. The Hall–Kier alpha value is -1.18. The quantitative estimate of drug-likeness (QED) is 0.644. The standard InChI is InChI=1S/C17H21BO5S/c1-9(10-4-6-22-7-5-10)24-14-3-2-11-12-8-13(12)18(21)23-16(11)15(14)17(19)20/h2-3,9-10,12-13,21H,4-8H2,1H3,(H,19,20)/t9-,12?,13-/m1/s1. The van der Waals surface area contributed by atoms with Crippen LogP contribution in [0.4, 0.5) is 0 Å². The molecule has 128 valence electrons. The maximum atomic E-state index is 11.9. The average Bonchev–Trinajstić information content (AvgIpc) is 3.36. The molecule has 4 rings (SSSR count). The monoisotopic (exact) mass is 348 g/mol. The highest BCUT2D eigenvalue weighted by Gasteiger charge is 2.54. The lowest BCUT2D eigenvalue weighted by Gasteiger charge is -2.28. The van der Waals surface area contributed by atoms with E-state index in [0.29, 0.717) is 16.9 Å². The predicted octanol–water partition coefficient (Wildman–Crippen LogP) is 3.02. The van der Waals surface area contributed by atoms with Gasteiger partial charge in [0.2, 0.25) is 0 Å². The molecule has 0 aromatic heterocycles. The van der Waals surface area contributed by atoms with E-state index in [0.717, 1.165) is 42.9 Å². The number of carboxylic acids is 1. The van der Waals surface area contributed by atoms with Crippen LogP contribution in [0.1, 0.15) is 48.0 Å². The van der Waals surface area contributed by atoms with Gasteiger partial charge in [0.25, 0.3) is 0 Å². The molecule has 2 fully saturated rings. The highest BCUT2D eigenvalue weighted by atomic mass is 32.2. The molecule has 0 amide bonds. The summed E-state index contributed by atoms with van der Waals surface area (Å²) in [6, 6.07) is 3.90. The van der Waals surface area contributed by atoms with Crippen molar-refractivity contribution in [3.8, 4) is 5.75 Å². The van der Waals surface area contributed by atoms with E-state index < -0.39 is 13.1 Å². The first-order valence-electron chi connectivity index (χ1n) is 8.55. The van der Waals surface area contributed by atoms with Crippen molar-refractivity contribution >= 4 is 24.8 Å². The van der Waals surface area contributed by atoms with E-state index in [2.05, 4.69) is 6.92 Å². The van der Waals surface area contributed by atoms with Gasteiger partial charge in [0.15, 0.2) is 0 Å². The van der Waals surface area contributed by atoms with Crippen LogP contribution >= 0.6 is 11.8 Å². The second-order valence-corrected chi connectivity index (χ2v) is 8.37. The van der Waals surface area contributed by atoms with Crippen molar-refractivity contribution < 1.29 is 24.3 Å². The van der Waals surface area contributed by atoms with Gasteiger partial charge in [-0.1, -0.05) is 13.0 Å². The Morgan fingerprint density at radius 1 is 1.38 bits per heavy atom. The second kappa shape index (κ2) is 6.28. The van der Waals surface area contributed by atoms with Crippen LogP contribution in [0.3, 0.4) is 0 Å². The zero-order valence-electron chi connectivity index (χ0n) is 13.6. The highest BCUT2D eigenvalue weighted by molar-refractivity contribution is 8.00. The van der Waals surface area contributed by atoms with Gasteiger partial charge in [-0.25, -0.2) is 4.79 Å². The number of fused-ring (bicyclic) bond motifs is 3. The number of ether oxygens (including phenoxy) is 1. The van der Waals surface area contributed by atoms with Crippen molar-refractivity contribution in [2.45, 2.75) is 48.1 Å². The minimum absolute atomic E-state index is 0.124. The van der Waals surface area contributed by atoms with Gasteiger partial charge in [-0.2, -0.15) is 0 Å². The molecule has 1 saturated carbocycles. The van der Waals surface area contributed by atoms with Crippen molar-refractivity contribution in [3.05, 3.63) is 23.3 Å². The van der Waals surface area contributed by atoms with E-state index in [1.165, 1.54) is 0 Å². The molecule has 1 saturated heterocycles. The van der Waals surface area contributed by atoms with Crippen LogP contribution in [0.2, 0.25) is 5.82 Å². The molecule has 3 aliphatic rings. The predicted molar refractivity (Wildman–Crippen MR) is 92.0 cm³/mol. The van der Waals surface area contributed by atoms with Gasteiger partial charge in [0.1, 0.15) is 11.3 Å². The molecule has 24 heavy (non-hydrogen) atoms. The Balaban J connectivity index is 1.63. The van der Waals surface area contributed by atoms with E-state index in [-0.39, 0.29) is 17.3 Å². The summed E-state index contributed by atoms with van der Waals surface area (Å²) in [7, 11) is -0.881. The van der Waals surface area contributed by atoms with Crippen molar-refractivity contribution in [1.29, 1.82) is 0 Å². The van der Waals surface area contributed by atoms with Crippen LogP contribution < -0.4 is 4.65 Å². The molecule has 0 spiro atoms. The van der Waals surface area contributed by atoms with Crippen LogP contribution in [0.25, 0.3) is 0 Å². The summed E-state index contributed by atoms with van der Waals surface area (Å²) in [5.41, 5.74) is 1.14. The molecule has 1 aliphatic carbocycles. The van der Waals surface area contributed by atoms with Gasteiger partial charge >= 0.3 is 13.1 Å². The summed E-state index contributed by atoms with van der Waals surface area (Å²) in [5, 5.41) is 20.1. The number of aromatic carboxylic acids is 1. The fourth-order valence-corrected chi connectivity index (χ4v) is 5.19. The number of carbonyl (C=O) groups is 1. The van der Waals surface area contributed by atoms with E-state index in [1.807, 2.05) is 12.1 Å². The van der Waals surface area contributed by atoms with Crippen LogP contribution in [0, 0.1) is 5.92 Å². The lowest BCUT2D eigenvalue weighted by molar-refractivity contribution is 0.0667. The Bertz CT molecular complexity index is 661. The topological polar surface area (TPSA) is 76.0 Å². The molecule has 0 bridgehead atoms. The SMILES string of the molecule is C[C@@H](Sc1ccc2c(c1C(=O)O)OB(O)[C@@H]1CC21)C1CCOCC1. The number of hydrogen-bond acceptors (Lipinski definition) is 5. The van der Waals surface area contributed by atoms with Crippen LogP contribution in [0.15, 0.2) is 17.0 Å². The number of rotatable bonds is 4. The van der Waals surface area contributed by atoms with Crippen LogP contribution in [-0.2, 0) is 4.74 Å². The van der Waals surface area contributed by atoms with Gasteiger partial charge in [-0.3, -0.25) is 0 Å². The first-order valence-corrected chi connectivity index (χ1v) is 9.43. The molecule has 5 nitrogen and oxygen atoms in total. The molecule has 3 atom stereocenters. The van der Waals surface area contributed by atoms with Crippen molar-refractivity contribution in [1.82, 2.24) is 0 Å². The first-order chi connectivity index (χ1) is 11.6. The van der Waals surface area contributed by atoms with Crippen molar-refractivity contribution in [2.75, 3.05) is 13.2 Å². The molecule has 1 aromatic rings. The molecule has 7 heteroatoms. The average molecular weight is 348 g/mol. The summed E-state index contributed by atoms with van der Waals surface area (Å²) in [6.07, 6.45) is 2.90. The Morgan fingerprint density at radius 2 is 2.12 bits per heavy atom. The van der Waals surface area contributed by atoms with E-state index in [1.54, 1.807) is 11.8 Å². The van der Waals surface area contributed by atoms with Crippen LogP contribution in [-0.4, -0.2) is 41.7 Å². The Morgan fingerprint density at radius 3 is 2.83 bits per heavy atom. The summed E-state index contributed by atoms with van der Waals surface area (Å²) < 4.78 is 11.0. The number of hydrogen-bond donors (Lipinski definition) is 2. The molecule has 2 heterocycles. The smallest absolute Gasteiger partial charge is 0.526 e. The van der Waals surface area contributed by atoms with Gasteiger partial charge < -0.3 is 19.5 Å². The minimum atomic E-state index is -0.986. The lowest BCUT2D eigenvalue weighted by atomic mass is 9.77. The van der Waals surface area contributed by atoms with Crippen molar-refractivity contribution in [3.63, 3.8) is 0 Å². The zero-order valence-corrected chi connectivity index (χ0v) is 14.4. The highest BCUT2D eigenvalue weighted by Crippen LogP contribution is 2.60. The van der Waals surface area contributed by atoms with E-state index in [9.17, 15) is 14.9 Å². The van der Waals surface area contributed by atoms with Gasteiger partial charge in [-0.15, -0.1) is 11.8 Å². The summed E-state index contributed by atoms with van der Waals surface area (Å²) in [4.78, 5) is 12.6. The molecular weight excluding hydrogens is 327 g/mol. The van der Waals surface area contributed by atoms with Crippen molar-refractivity contribution in [2.24, 2.45) is 5.92 Å². The van der Waals surface area contributed by atoms with Gasteiger partial charge in [0.05, 0.1) is 0 Å². The molecular formula is C17H21BO5S. The summed E-state index contributed by atoms with van der Waals surface area (Å²) >= 11 is 1.60. The molecule has 0 radical (unpaired) electrons. The lowest BCUT2D eigenvalue weighted by Crippen LogP contribution is -2.28. The zero-order chi connectivity index (χ0) is 16.8. The van der Waals surface area contributed by atoms with Crippen LogP contribution in [0.5, 0.6) is 5.75 Å². The fourth-order valence-electron chi connectivity index (χ4n) is 3.88. The largest absolute Gasteiger partial charge is 0.535 e. The first kappa shape index (κ1) is 16.3. The maximum absolute atomic E-state index is 11.9. The maximum Gasteiger partial charge on any atom is 0.526 e. The number of carboxylic acid groups (broad SMARTS) is 1. The summed E-state index contributed by atoms with van der Waals surface area (Å²) in [5.74, 6) is 0.283. The Labute approximate surface area is 145 Å². The van der Waals surface area contributed by atoms with E-state index in [4.69, 9.17) is 9.39 Å². The Kier molecular flexibility index (Phi) is 4.27. The molecule has 1 unspecified atom stereocenters. The van der Waals surface area contributed by atoms with Gasteiger partial charge in [-0.05, 0) is 42.7 Å². The summed E-state index contributed by atoms with van der Waals surface area (Å²) in [6.45, 7) is 3.71. The van der Waals surface area contributed by atoms with Gasteiger partial charge in [0, 0.05) is 29.2 Å².